The Balaban J connectivity index is 3.77. The predicted molar refractivity (Wildman–Crippen MR) is 48.1 cm³/mol. The molecule has 10 heavy (non-hydrogen) atoms. The van der Waals surface area contributed by atoms with Crippen LogP contribution in [0.4, 0.5) is 0 Å². The molecule has 0 saturated carbocycles. The molecule has 60 valence electrons. The lowest BCUT2D eigenvalue weighted by atomic mass is 9.94. The summed E-state index contributed by atoms with van der Waals surface area (Å²) in [6.45, 7) is 8.95. The maximum Gasteiger partial charge on any atom is -0.0232 e. The molecule has 0 bridgehead atoms. The van der Waals surface area contributed by atoms with Crippen molar-refractivity contribution < 1.29 is 0 Å². The van der Waals surface area contributed by atoms with E-state index in [1.807, 2.05) is 0 Å². The topological polar surface area (TPSA) is 0 Å². The maximum absolute atomic E-state index is 2.32. The molecule has 0 N–H and O–H groups in total. The Labute approximate surface area is 65.3 Å². The van der Waals surface area contributed by atoms with Crippen LogP contribution < -0.4 is 0 Å². The second-order valence-electron chi connectivity index (χ2n) is 2.91. The molecular formula is C10H20. The van der Waals surface area contributed by atoms with E-state index in [1.54, 1.807) is 5.57 Å². The van der Waals surface area contributed by atoms with E-state index in [2.05, 4.69) is 33.8 Å². The number of hydrogen-bond donors (Lipinski definition) is 0. The third kappa shape index (κ3) is 3.05. The largest absolute Gasteiger partial charge is 0.0882 e. The van der Waals surface area contributed by atoms with Gasteiger partial charge in [0.1, 0.15) is 0 Å². The van der Waals surface area contributed by atoms with Crippen LogP contribution >= 0.6 is 0 Å². The second-order valence-corrected chi connectivity index (χ2v) is 2.91. The van der Waals surface area contributed by atoms with Crippen molar-refractivity contribution in [2.24, 2.45) is 5.92 Å². The standard InChI is InChI=1S/C10H20/c1-5-8-9(4)10(6-2)7-3/h6,9H,5,7-8H2,1-4H3. The zero-order chi connectivity index (χ0) is 7.98. The maximum atomic E-state index is 2.32. The molecule has 0 aliphatic rings. The molecule has 0 aromatic carbocycles. The van der Waals surface area contributed by atoms with Crippen molar-refractivity contribution in [3.63, 3.8) is 0 Å². The van der Waals surface area contributed by atoms with Crippen LogP contribution in [0, 0.1) is 5.92 Å². The fourth-order valence-corrected chi connectivity index (χ4v) is 1.46. The summed E-state index contributed by atoms with van der Waals surface area (Å²) in [7, 11) is 0. The van der Waals surface area contributed by atoms with Crippen LogP contribution in [0.5, 0.6) is 0 Å². The summed E-state index contributed by atoms with van der Waals surface area (Å²) in [4.78, 5) is 0. The zero-order valence-corrected chi connectivity index (χ0v) is 7.78. The Hall–Kier alpha value is -0.260. The van der Waals surface area contributed by atoms with Gasteiger partial charge in [-0.2, -0.15) is 0 Å². The van der Waals surface area contributed by atoms with Gasteiger partial charge >= 0.3 is 0 Å². The number of allylic oxidation sites excluding steroid dienone is 2. The summed E-state index contributed by atoms with van der Waals surface area (Å²) in [5.41, 5.74) is 1.61. The van der Waals surface area contributed by atoms with Crippen LogP contribution in [0.25, 0.3) is 0 Å². The van der Waals surface area contributed by atoms with Crippen molar-refractivity contribution in [1.82, 2.24) is 0 Å². The van der Waals surface area contributed by atoms with Crippen molar-refractivity contribution in [3.05, 3.63) is 11.6 Å². The van der Waals surface area contributed by atoms with E-state index in [4.69, 9.17) is 0 Å². The third-order valence-electron chi connectivity index (χ3n) is 2.13. The third-order valence-corrected chi connectivity index (χ3v) is 2.13. The number of rotatable bonds is 4. The van der Waals surface area contributed by atoms with E-state index < -0.39 is 0 Å². The van der Waals surface area contributed by atoms with Gasteiger partial charge in [-0.1, -0.05) is 38.8 Å². The molecule has 0 fully saturated rings. The summed E-state index contributed by atoms with van der Waals surface area (Å²) < 4.78 is 0. The molecule has 0 heterocycles. The first-order valence-electron chi connectivity index (χ1n) is 4.41. The Bertz CT molecular complexity index is 101. The fourth-order valence-electron chi connectivity index (χ4n) is 1.46. The van der Waals surface area contributed by atoms with Gasteiger partial charge in [-0.05, 0) is 25.7 Å². The highest BCUT2D eigenvalue weighted by Gasteiger charge is 2.03. The molecule has 0 spiro atoms. The zero-order valence-electron chi connectivity index (χ0n) is 7.78. The van der Waals surface area contributed by atoms with Crippen LogP contribution in [-0.2, 0) is 0 Å². The van der Waals surface area contributed by atoms with Gasteiger partial charge < -0.3 is 0 Å². The lowest BCUT2D eigenvalue weighted by Crippen LogP contribution is -1.97. The van der Waals surface area contributed by atoms with E-state index >= 15 is 0 Å². The van der Waals surface area contributed by atoms with Crippen molar-refractivity contribution >= 4 is 0 Å². The molecule has 0 aliphatic carbocycles. The van der Waals surface area contributed by atoms with E-state index in [0.29, 0.717) is 0 Å². The molecule has 0 aliphatic heterocycles. The van der Waals surface area contributed by atoms with E-state index in [1.165, 1.54) is 19.3 Å². The van der Waals surface area contributed by atoms with Crippen LogP contribution in [0.3, 0.4) is 0 Å². The first-order valence-corrected chi connectivity index (χ1v) is 4.41. The second kappa shape index (κ2) is 5.52. The average Bonchev–Trinajstić information content (AvgIpc) is 1.91. The van der Waals surface area contributed by atoms with Gasteiger partial charge in [0.05, 0.1) is 0 Å². The summed E-state index contributed by atoms with van der Waals surface area (Å²) in [6, 6.07) is 0. The molecular weight excluding hydrogens is 120 g/mol. The first kappa shape index (κ1) is 9.74. The van der Waals surface area contributed by atoms with Crippen LogP contribution in [0.2, 0.25) is 0 Å². The summed E-state index contributed by atoms with van der Waals surface area (Å²) in [5.74, 6) is 0.806. The van der Waals surface area contributed by atoms with Gasteiger partial charge in [-0.15, -0.1) is 0 Å². The molecule has 0 nitrogen and oxygen atoms in total. The molecule has 0 radical (unpaired) electrons. The monoisotopic (exact) mass is 140 g/mol. The Kier molecular flexibility index (Phi) is 5.38. The average molecular weight is 140 g/mol. The molecule has 0 saturated heterocycles. The predicted octanol–water partition coefficient (Wildman–Crippen LogP) is 3.78. The minimum absolute atomic E-state index is 0.806. The van der Waals surface area contributed by atoms with Crippen molar-refractivity contribution in [2.75, 3.05) is 0 Å². The SMILES string of the molecule is CC=C(CC)C(C)CCC. The van der Waals surface area contributed by atoms with Crippen molar-refractivity contribution in [2.45, 2.75) is 47.0 Å². The van der Waals surface area contributed by atoms with Gasteiger partial charge in [0.2, 0.25) is 0 Å². The molecule has 0 amide bonds. The van der Waals surface area contributed by atoms with Gasteiger partial charge in [-0.25, -0.2) is 0 Å². The van der Waals surface area contributed by atoms with Gasteiger partial charge in [0.15, 0.2) is 0 Å². The lowest BCUT2D eigenvalue weighted by Gasteiger charge is -2.12. The normalized spacial score (nSPS) is 15.4. The lowest BCUT2D eigenvalue weighted by molar-refractivity contribution is 0.585. The highest BCUT2D eigenvalue weighted by Crippen LogP contribution is 2.18. The minimum Gasteiger partial charge on any atom is -0.0882 e. The first-order chi connectivity index (χ1) is 4.76. The smallest absolute Gasteiger partial charge is 0.0232 e. The van der Waals surface area contributed by atoms with Crippen LogP contribution in [-0.4, -0.2) is 0 Å². The van der Waals surface area contributed by atoms with Crippen LogP contribution in [0.15, 0.2) is 11.6 Å². The molecule has 1 unspecified atom stereocenters. The van der Waals surface area contributed by atoms with E-state index in [9.17, 15) is 0 Å². The Morgan fingerprint density at radius 3 is 2.30 bits per heavy atom. The van der Waals surface area contributed by atoms with Gasteiger partial charge in [0, 0.05) is 0 Å². The van der Waals surface area contributed by atoms with E-state index in [-0.39, 0.29) is 0 Å². The van der Waals surface area contributed by atoms with E-state index in [0.717, 1.165) is 5.92 Å². The molecule has 0 aromatic heterocycles. The number of hydrogen-bond acceptors (Lipinski definition) is 0. The highest BCUT2D eigenvalue weighted by atomic mass is 14.1. The molecule has 1 atom stereocenters. The van der Waals surface area contributed by atoms with Gasteiger partial charge in [-0.3, -0.25) is 0 Å². The molecule has 0 aromatic rings. The fraction of sp³-hybridized carbons (Fsp3) is 0.800. The quantitative estimate of drug-likeness (QED) is 0.521. The van der Waals surface area contributed by atoms with Crippen LogP contribution in [0.1, 0.15) is 47.0 Å². The minimum atomic E-state index is 0.806. The Morgan fingerprint density at radius 2 is 2.00 bits per heavy atom. The highest BCUT2D eigenvalue weighted by molar-refractivity contribution is 5.03. The van der Waals surface area contributed by atoms with Gasteiger partial charge in [0.25, 0.3) is 0 Å². The summed E-state index contributed by atoms with van der Waals surface area (Å²) in [5, 5.41) is 0. The Morgan fingerprint density at radius 1 is 1.40 bits per heavy atom. The molecule has 0 heteroatoms. The summed E-state index contributed by atoms with van der Waals surface area (Å²) in [6.07, 6.45) is 6.13. The molecule has 0 rings (SSSR count). The summed E-state index contributed by atoms with van der Waals surface area (Å²) >= 11 is 0. The van der Waals surface area contributed by atoms with Crippen molar-refractivity contribution in [1.29, 1.82) is 0 Å². The van der Waals surface area contributed by atoms with Crippen molar-refractivity contribution in [3.8, 4) is 0 Å².